The second-order valence-corrected chi connectivity index (χ2v) is 6.08. The molecule has 1 atom stereocenters. The normalized spacial score (nSPS) is 13.2. The molecule has 0 spiro atoms. The highest BCUT2D eigenvalue weighted by Crippen LogP contribution is 2.21. The molecule has 19 heavy (non-hydrogen) atoms. The molecule has 3 heteroatoms. The van der Waals surface area contributed by atoms with Gasteiger partial charge in [0.1, 0.15) is 0 Å². The minimum absolute atomic E-state index is 0.185. The summed E-state index contributed by atoms with van der Waals surface area (Å²) in [5.74, 6) is 0. The molecule has 0 aromatic carbocycles. The summed E-state index contributed by atoms with van der Waals surface area (Å²) in [6, 6.07) is 4.78. The molecule has 0 saturated heterocycles. The zero-order valence-corrected chi connectivity index (χ0v) is 12.5. The Morgan fingerprint density at radius 3 is 2.79 bits per heavy atom. The Morgan fingerprint density at radius 1 is 1.42 bits per heavy atom. The van der Waals surface area contributed by atoms with Gasteiger partial charge in [0.05, 0.1) is 11.5 Å². The van der Waals surface area contributed by atoms with Gasteiger partial charge in [0, 0.05) is 25.0 Å². The highest BCUT2D eigenvalue weighted by Gasteiger charge is 2.15. The second kappa shape index (κ2) is 7.35. The standard InChI is InChI=1S/C16H27N3/c1-4-15(18)11-14-7-10-19(12-14)9-6-5-8-16(2,3)13-17/h7,10,12,15H,4-6,8-9,11,18H2,1-3H3. The van der Waals surface area contributed by atoms with Gasteiger partial charge < -0.3 is 10.3 Å². The van der Waals surface area contributed by atoms with Gasteiger partial charge in [0.15, 0.2) is 0 Å². The molecule has 3 nitrogen and oxygen atoms in total. The number of nitrogens with two attached hydrogens (primary N) is 1. The van der Waals surface area contributed by atoms with Crippen molar-refractivity contribution in [2.45, 2.75) is 65.5 Å². The highest BCUT2D eigenvalue weighted by atomic mass is 14.9. The number of rotatable bonds is 8. The summed E-state index contributed by atoms with van der Waals surface area (Å²) in [6.45, 7) is 7.17. The lowest BCUT2D eigenvalue weighted by Crippen LogP contribution is -2.21. The molecule has 2 N–H and O–H groups in total. The first-order valence-electron chi connectivity index (χ1n) is 7.28. The minimum atomic E-state index is -0.185. The van der Waals surface area contributed by atoms with E-state index in [1.807, 2.05) is 13.8 Å². The second-order valence-electron chi connectivity index (χ2n) is 6.08. The Morgan fingerprint density at radius 2 is 2.16 bits per heavy atom. The fourth-order valence-corrected chi connectivity index (χ4v) is 2.11. The summed E-state index contributed by atoms with van der Waals surface area (Å²) in [7, 11) is 0. The van der Waals surface area contributed by atoms with E-state index in [1.54, 1.807) is 0 Å². The van der Waals surface area contributed by atoms with Crippen molar-refractivity contribution in [3.63, 3.8) is 0 Å². The molecule has 0 aliphatic heterocycles. The van der Waals surface area contributed by atoms with Crippen LogP contribution in [0.5, 0.6) is 0 Å². The van der Waals surface area contributed by atoms with E-state index >= 15 is 0 Å². The van der Waals surface area contributed by atoms with Gasteiger partial charge in [-0.15, -0.1) is 0 Å². The lowest BCUT2D eigenvalue weighted by molar-refractivity contribution is 0.417. The molecule has 1 aromatic rings. The van der Waals surface area contributed by atoms with Crippen molar-refractivity contribution >= 4 is 0 Å². The first-order chi connectivity index (χ1) is 8.96. The lowest BCUT2D eigenvalue weighted by atomic mass is 9.89. The minimum Gasteiger partial charge on any atom is -0.354 e. The van der Waals surface area contributed by atoms with Gasteiger partial charge in [-0.05, 0) is 51.2 Å². The maximum Gasteiger partial charge on any atom is 0.0683 e. The Balaban J connectivity index is 2.29. The summed E-state index contributed by atoms with van der Waals surface area (Å²) < 4.78 is 2.23. The molecule has 1 rings (SSSR count). The molecule has 1 aromatic heterocycles. The van der Waals surface area contributed by atoms with Gasteiger partial charge >= 0.3 is 0 Å². The molecule has 0 saturated carbocycles. The van der Waals surface area contributed by atoms with Gasteiger partial charge in [-0.3, -0.25) is 0 Å². The molecule has 1 heterocycles. The van der Waals surface area contributed by atoms with Gasteiger partial charge in [0.2, 0.25) is 0 Å². The predicted molar refractivity (Wildman–Crippen MR) is 79.6 cm³/mol. The Bertz CT molecular complexity index is 412. The number of nitrogens with zero attached hydrogens (tertiary/aromatic N) is 2. The molecular formula is C16H27N3. The van der Waals surface area contributed by atoms with Crippen LogP contribution in [0.4, 0.5) is 0 Å². The molecular weight excluding hydrogens is 234 g/mol. The van der Waals surface area contributed by atoms with Gasteiger partial charge in [-0.2, -0.15) is 5.26 Å². The van der Waals surface area contributed by atoms with Crippen molar-refractivity contribution in [2.24, 2.45) is 11.1 Å². The number of aryl methyl sites for hydroxylation is 1. The van der Waals surface area contributed by atoms with E-state index in [2.05, 4.69) is 36.0 Å². The maximum absolute atomic E-state index is 8.95. The number of unbranched alkanes of at least 4 members (excludes halogenated alkanes) is 1. The van der Waals surface area contributed by atoms with Crippen molar-refractivity contribution in [1.82, 2.24) is 4.57 Å². The van der Waals surface area contributed by atoms with E-state index < -0.39 is 0 Å². The smallest absolute Gasteiger partial charge is 0.0683 e. The summed E-state index contributed by atoms with van der Waals surface area (Å²) in [5, 5.41) is 8.95. The van der Waals surface area contributed by atoms with Gasteiger partial charge in [-0.1, -0.05) is 13.3 Å². The maximum atomic E-state index is 8.95. The van der Waals surface area contributed by atoms with Crippen LogP contribution < -0.4 is 5.73 Å². The lowest BCUT2D eigenvalue weighted by Gasteiger charge is -2.14. The molecule has 0 aliphatic carbocycles. The van der Waals surface area contributed by atoms with Crippen LogP contribution >= 0.6 is 0 Å². The third-order valence-electron chi connectivity index (χ3n) is 3.60. The Labute approximate surface area is 117 Å². The van der Waals surface area contributed by atoms with Gasteiger partial charge in [-0.25, -0.2) is 0 Å². The van der Waals surface area contributed by atoms with Crippen molar-refractivity contribution in [2.75, 3.05) is 0 Å². The van der Waals surface area contributed by atoms with Crippen molar-refractivity contribution in [3.8, 4) is 6.07 Å². The van der Waals surface area contributed by atoms with Crippen molar-refractivity contribution in [3.05, 3.63) is 24.0 Å². The number of aromatic nitrogens is 1. The summed E-state index contributed by atoms with van der Waals surface area (Å²) in [5.41, 5.74) is 7.10. The summed E-state index contributed by atoms with van der Waals surface area (Å²) >= 11 is 0. The average molecular weight is 261 g/mol. The van der Waals surface area contributed by atoms with Crippen LogP contribution in [0.15, 0.2) is 18.5 Å². The topological polar surface area (TPSA) is 54.7 Å². The van der Waals surface area contributed by atoms with Crippen molar-refractivity contribution < 1.29 is 0 Å². The van der Waals surface area contributed by atoms with E-state index in [0.29, 0.717) is 0 Å². The number of hydrogen-bond acceptors (Lipinski definition) is 2. The summed E-state index contributed by atoms with van der Waals surface area (Å²) in [4.78, 5) is 0. The van der Waals surface area contributed by atoms with E-state index in [9.17, 15) is 0 Å². The quantitative estimate of drug-likeness (QED) is 0.728. The van der Waals surface area contributed by atoms with E-state index in [1.165, 1.54) is 5.56 Å². The molecule has 0 radical (unpaired) electrons. The first kappa shape index (κ1) is 15.8. The Hall–Kier alpha value is -1.27. The molecule has 0 amide bonds. The first-order valence-corrected chi connectivity index (χ1v) is 7.28. The largest absolute Gasteiger partial charge is 0.354 e. The fourth-order valence-electron chi connectivity index (χ4n) is 2.11. The molecule has 0 bridgehead atoms. The SMILES string of the molecule is CCC(N)Cc1ccn(CCCCC(C)(C)C#N)c1. The number of hydrogen-bond donors (Lipinski definition) is 1. The molecule has 1 unspecified atom stereocenters. The average Bonchev–Trinajstić information content (AvgIpc) is 2.82. The monoisotopic (exact) mass is 261 g/mol. The van der Waals surface area contributed by atoms with Crippen molar-refractivity contribution in [1.29, 1.82) is 5.26 Å². The van der Waals surface area contributed by atoms with Gasteiger partial charge in [0.25, 0.3) is 0 Å². The van der Waals surface area contributed by atoms with Crippen LogP contribution in [-0.2, 0) is 13.0 Å². The van der Waals surface area contributed by atoms with Crippen LogP contribution in [0.1, 0.15) is 52.0 Å². The fraction of sp³-hybridized carbons (Fsp3) is 0.688. The predicted octanol–water partition coefficient (Wildman–Crippen LogP) is 3.49. The highest BCUT2D eigenvalue weighted by molar-refractivity contribution is 5.11. The molecule has 106 valence electrons. The summed E-state index contributed by atoms with van der Waals surface area (Å²) in [6.07, 6.45) is 9.51. The molecule has 0 aliphatic rings. The van der Waals surface area contributed by atoms with Crippen LogP contribution in [-0.4, -0.2) is 10.6 Å². The zero-order chi connectivity index (χ0) is 14.3. The van der Waals surface area contributed by atoms with Crippen LogP contribution in [0.25, 0.3) is 0 Å². The Kier molecular flexibility index (Phi) is 6.11. The van der Waals surface area contributed by atoms with Crippen LogP contribution in [0.2, 0.25) is 0 Å². The van der Waals surface area contributed by atoms with Crippen LogP contribution in [0, 0.1) is 16.7 Å². The zero-order valence-electron chi connectivity index (χ0n) is 12.5. The third kappa shape index (κ3) is 5.94. The van der Waals surface area contributed by atoms with E-state index in [-0.39, 0.29) is 11.5 Å². The van der Waals surface area contributed by atoms with Crippen LogP contribution in [0.3, 0.4) is 0 Å². The molecule has 0 fully saturated rings. The third-order valence-corrected chi connectivity index (χ3v) is 3.60. The van der Waals surface area contributed by atoms with E-state index in [4.69, 9.17) is 11.0 Å². The van der Waals surface area contributed by atoms with E-state index in [0.717, 1.165) is 38.6 Å². The number of nitriles is 1.